The molecule has 0 radical (unpaired) electrons. The van der Waals surface area contributed by atoms with E-state index in [-0.39, 0.29) is 23.8 Å². The maximum atomic E-state index is 12.2. The van der Waals surface area contributed by atoms with E-state index in [1.165, 1.54) is 30.5 Å². The van der Waals surface area contributed by atoms with Gasteiger partial charge in [0.05, 0.1) is 21.3 Å². The number of amides is 2. The summed E-state index contributed by atoms with van der Waals surface area (Å²) in [7, 11) is 0. The van der Waals surface area contributed by atoms with Crippen molar-refractivity contribution in [2.45, 2.75) is 6.92 Å². The van der Waals surface area contributed by atoms with Crippen LogP contribution in [0.4, 0.5) is 11.4 Å². The number of halogens is 1. The molecule has 0 atom stereocenters. The third kappa shape index (κ3) is 7.50. The minimum absolute atomic E-state index is 0.108. The summed E-state index contributed by atoms with van der Waals surface area (Å²) in [6.07, 6.45) is 1.43. The molecule has 2 N–H and O–H groups in total. The molecule has 0 heterocycles. The molecular weight excluding hydrogens is 567 g/mol. The highest BCUT2D eigenvalue weighted by molar-refractivity contribution is 14.1. The monoisotopic (exact) mass is 588 g/mol. The molecule has 180 valence electrons. The summed E-state index contributed by atoms with van der Waals surface area (Å²) in [4.78, 5) is 34.6. The highest BCUT2D eigenvalue weighted by Crippen LogP contribution is 2.34. The number of nitrogens with zero attached hydrogens (tertiary/aromatic N) is 2. The molecule has 0 aliphatic heterocycles. The third-order valence-electron chi connectivity index (χ3n) is 4.46. The number of non-ortho nitro benzene ring substituents is 1. The molecule has 0 saturated heterocycles. The average molecular weight is 588 g/mol. The number of benzene rings is 3. The number of hydrogen-bond acceptors (Lipinski definition) is 7. The molecule has 0 bridgehead atoms. The Hall–Kier alpha value is -4.00. The normalized spacial score (nSPS) is 10.6. The molecule has 0 saturated carbocycles. The van der Waals surface area contributed by atoms with E-state index in [1.54, 1.807) is 24.3 Å². The highest BCUT2D eigenvalue weighted by atomic mass is 127. The number of nitro groups is 1. The van der Waals surface area contributed by atoms with Crippen LogP contribution in [0.2, 0.25) is 0 Å². The van der Waals surface area contributed by atoms with Gasteiger partial charge in [-0.2, -0.15) is 5.10 Å². The summed E-state index contributed by atoms with van der Waals surface area (Å²) in [6, 6.07) is 17.7. The number of anilines is 1. The fourth-order valence-corrected chi connectivity index (χ4v) is 3.67. The van der Waals surface area contributed by atoms with Gasteiger partial charge in [-0.15, -0.1) is 0 Å². The molecule has 3 aromatic carbocycles. The first-order chi connectivity index (χ1) is 16.9. The molecule has 0 spiro atoms. The van der Waals surface area contributed by atoms with Crippen molar-refractivity contribution in [3.63, 3.8) is 0 Å². The van der Waals surface area contributed by atoms with Crippen LogP contribution in [0.25, 0.3) is 0 Å². The van der Waals surface area contributed by atoms with E-state index in [2.05, 4.69) is 38.4 Å². The zero-order valence-corrected chi connectivity index (χ0v) is 20.7. The lowest BCUT2D eigenvalue weighted by atomic mass is 10.2. The van der Waals surface area contributed by atoms with Crippen molar-refractivity contribution in [2.24, 2.45) is 5.10 Å². The van der Waals surface area contributed by atoms with Crippen LogP contribution in [0, 0.1) is 13.7 Å². The topological polar surface area (TPSA) is 132 Å². The van der Waals surface area contributed by atoms with Crippen LogP contribution in [0.1, 0.15) is 22.8 Å². The van der Waals surface area contributed by atoms with Crippen molar-refractivity contribution in [2.75, 3.05) is 18.5 Å². The first-order valence-corrected chi connectivity index (χ1v) is 11.5. The summed E-state index contributed by atoms with van der Waals surface area (Å²) < 4.78 is 12.1. The molecule has 3 aromatic rings. The Kier molecular flexibility index (Phi) is 9.12. The van der Waals surface area contributed by atoms with Crippen LogP contribution in [0.5, 0.6) is 11.5 Å². The van der Waals surface area contributed by atoms with Gasteiger partial charge in [0.2, 0.25) is 0 Å². The van der Waals surface area contributed by atoms with Gasteiger partial charge in [-0.25, -0.2) is 5.43 Å². The van der Waals surface area contributed by atoms with Gasteiger partial charge < -0.3 is 14.8 Å². The molecule has 11 heteroatoms. The quantitative estimate of drug-likeness (QED) is 0.156. The lowest BCUT2D eigenvalue weighted by Crippen LogP contribution is -2.20. The number of carbonyl (C=O) groups excluding carboxylic acids is 2. The van der Waals surface area contributed by atoms with E-state index in [0.29, 0.717) is 32.9 Å². The number of ether oxygens (including phenoxy) is 2. The summed E-state index contributed by atoms with van der Waals surface area (Å²) in [5, 5.41) is 17.4. The van der Waals surface area contributed by atoms with Crippen molar-refractivity contribution >= 4 is 52.0 Å². The van der Waals surface area contributed by atoms with E-state index in [0.717, 1.165) is 0 Å². The lowest BCUT2D eigenvalue weighted by molar-refractivity contribution is -0.384. The zero-order valence-electron chi connectivity index (χ0n) is 18.6. The largest absolute Gasteiger partial charge is 0.490 e. The third-order valence-corrected chi connectivity index (χ3v) is 5.26. The second-order valence-corrected chi connectivity index (χ2v) is 8.13. The highest BCUT2D eigenvalue weighted by Gasteiger charge is 2.14. The predicted molar refractivity (Wildman–Crippen MR) is 139 cm³/mol. The van der Waals surface area contributed by atoms with Crippen LogP contribution in [-0.2, 0) is 4.79 Å². The molecule has 35 heavy (non-hydrogen) atoms. The number of rotatable bonds is 10. The molecule has 2 amide bonds. The van der Waals surface area contributed by atoms with Gasteiger partial charge in [-0.05, 0) is 71.5 Å². The molecule has 3 rings (SSSR count). The lowest BCUT2D eigenvalue weighted by Gasteiger charge is -2.14. The van der Waals surface area contributed by atoms with Crippen LogP contribution >= 0.6 is 22.6 Å². The standard InChI is InChI=1S/C24H21IN4O6/c1-2-34-21-13-16(14-26-28-24(31)17-8-10-19(11-9-17)29(32)33)12-20(25)23(21)35-15-22(30)27-18-6-4-3-5-7-18/h3-14H,2,15H2,1H3,(H,27,30)(H,28,31)/b26-14+. The van der Waals surface area contributed by atoms with E-state index in [1.807, 2.05) is 25.1 Å². The SMILES string of the molecule is CCOc1cc(/C=N/NC(=O)c2ccc([N+](=O)[O-])cc2)cc(I)c1OCC(=O)Nc1ccccc1. The fraction of sp³-hybridized carbons (Fsp3) is 0.125. The van der Waals surface area contributed by atoms with Crippen LogP contribution < -0.4 is 20.2 Å². The van der Waals surface area contributed by atoms with Crippen LogP contribution in [0.15, 0.2) is 71.8 Å². The number of carbonyl (C=O) groups is 2. The van der Waals surface area contributed by atoms with Gasteiger partial charge in [-0.1, -0.05) is 18.2 Å². The summed E-state index contributed by atoms with van der Waals surface area (Å²) in [5.41, 5.74) is 3.80. The first-order valence-electron chi connectivity index (χ1n) is 10.4. The van der Waals surface area contributed by atoms with Gasteiger partial charge >= 0.3 is 0 Å². The molecule has 0 unspecified atom stereocenters. The number of nitrogens with one attached hydrogen (secondary N) is 2. The van der Waals surface area contributed by atoms with E-state index < -0.39 is 10.8 Å². The Labute approximate surface area is 214 Å². The summed E-state index contributed by atoms with van der Waals surface area (Å²) in [5.74, 6) is 0.0205. The van der Waals surface area contributed by atoms with Crippen molar-refractivity contribution in [1.29, 1.82) is 0 Å². The maximum absolute atomic E-state index is 12.2. The first kappa shape index (κ1) is 25.6. The Morgan fingerprint density at radius 2 is 1.80 bits per heavy atom. The fourth-order valence-electron chi connectivity index (χ4n) is 2.89. The van der Waals surface area contributed by atoms with Gasteiger partial charge in [-0.3, -0.25) is 19.7 Å². The molecule has 0 aliphatic carbocycles. The Morgan fingerprint density at radius 3 is 2.46 bits per heavy atom. The molecule has 0 aliphatic rings. The Bertz CT molecular complexity index is 1230. The number of para-hydroxylation sites is 1. The van der Waals surface area contributed by atoms with E-state index in [9.17, 15) is 19.7 Å². The summed E-state index contributed by atoms with van der Waals surface area (Å²) >= 11 is 2.06. The van der Waals surface area contributed by atoms with Gasteiger partial charge in [0.25, 0.3) is 17.5 Å². The zero-order chi connectivity index (χ0) is 25.2. The molecular formula is C24H21IN4O6. The number of nitro benzene ring substituents is 1. The smallest absolute Gasteiger partial charge is 0.271 e. The second-order valence-electron chi connectivity index (χ2n) is 6.97. The molecule has 0 fully saturated rings. The van der Waals surface area contributed by atoms with E-state index >= 15 is 0 Å². The van der Waals surface area contributed by atoms with Crippen molar-refractivity contribution in [3.05, 3.63) is 91.5 Å². The molecule has 10 nitrogen and oxygen atoms in total. The van der Waals surface area contributed by atoms with Gasteiger partial charge in [0.1, 0.15) is 0 Å². The van der Waals surface area contributed by atoms with Gasteiger partial charge in [0.15, 0.2) is 18.1 Å². The van der Waals surface area contributed by atoms with Crippen molar-refractivity contribution in [1.82, 2.24) is 5.43 Å². The average Bonchev–Trinajstić information content (AvgIpc) is 2.84. The predicted octanol–water partition coefficient (Wildman–Crippen LogP) is 4.38. The Morgan fingerprint density at radius 1 is 1.09 bits per heavy atom. The number of hydrazone groups is 1. The maximum Gasteiger partial charge on any atom is 0.271 e. The van der Waals surface area contributed by atoms with Crippen LogP contribution in [-0.4, -0.2) is 36.2 Å². The van der Waals surface area contributed by atoms with Crippen molar-refractivity contribution < 1.29 is 24.0 Å². The number of hydrogen-bond donors (Lipinski definition) is 2. The molecule has 0 aromatic heterocycles. The van der Waals surface area contributed by atoms with Crippen LogP contribution in [0.3, 0.4) is 0 Å². The van der Waals surface area contributed by atoms with E-state index in [4.69, 9.17) is 9.47 Å². The Balaban J connectivity index is 1.65. The summed E-state index contributed by atoms with van der Waals surface area (Å²) in [6.45, 7) is 1.99. The second kappa shape index (κ2) is 12.5. The minimum atomic E-state index is -0.541. The van der Waals surface area contributed by atoms with Crippen molar-refractivity contribution in [3.8, 4) is 11.5 Å². The minimum Gasteiger partial charge on any atom is -0.490 e. The van der Waals surface area contributed by atoms with Gasteiger partial charge in [0, 0.05) is 23.4 Å².